The molecule has 0 aliphatic carbocycles. The van der Waals surface area contributed by atoms with Gasteiger partial charge in [0.05, 0.1) is 13.2 Å². The first-order chi connectivity index (χ1) is 10.4. The van der Waals surface area contributed by atoms with Gasteiger partial charge in [-0.25, -0.2) is 0 Å². The summed E-state index contributed by atoms with van der Waals surface area (Å²) < 4.78 is 5.43. The number of hydrogen-bond acceptors (Lipinski definition) is 2. The largest absolute Gasteiger partial charge is 0.378 e. The van der Waals surface area contributed by atoms with E-state index in [0.29, 0.717) is 0 Å². The predicted octanol–water partition coefficient (Wildman–Crippen LogP) is 3.67. The van der Waals surface area contributed by atoms with Crippen LogP contribution in [0.5, 0.6) is 0 Å². The summed E-state index contributed by atoms with van der Waals surface area (Å²) in [7, 11) is 0. The highest BCUT2D eigenvalue weighted by molar-refractivity contribution is 5.97. The molecule has 0 spiro atoms. The summed E-state index contributed by atoms with van der Waals surface area (Å²) in [5.74, 6) is 1.19. The Morgan fingerprint density at radius 2 is 1.71 bits per heavy atom. The maximum Gasteiger partial charge on any atom is 0.107 e. The van der Waals surface area contributed by atoms with Crippen LogP contribution in [0.1, 0.15) is 0 Å². The zero-order valence-corrected chi connectivity index (χ0v) is 11.9. The third-order valence-electron chi connectivity index (χ3n) is 4.09. The van der Waals surface area contributed by atoms with Gasteiger partial charge in [-0.05, 0) is 23.3 Å². The molecule has 3 heteroatoms. The molecular formula is C18H18N2O. The van der Waals surface area contributed by atoms with Crippen LogP contribution >= 0.6 is 0 Å². The lowest BCUT2D eigenvalue weighted by Crippen LogP contribution is -2.36. The molecule has 1 N–H and O–H groups in total. The van der Waals surface area contributed by atoms with E-state index in [1.807, 2.05) is 0 Å². The standard InChI is InChI=1S/C18H18N2O/c1-2-5-14(6-3-1)15-7-4-8-17-16(15)13-18(19-17)20-9-11-21-12-10-20/h1-8,13,19H,9-12H2. The van der Waals surface area contributed by atoms with Crippen molar-refractivity contribution in [3.05, 3.63) is 54.6 Å². The van der Waals surface area contributed by atoms with E-state index in [1.165, 1.54) is 27.8 Å². The van der Waals surface area contributed by atoms with E-state index in [-0.39, 0.29) is 0 Å². The number of morpholine rings is 1. The van der Waals surface area contributed by atoms with Gasteiger partial charge in [0, 0.05) is 24.0 Å². The molecule has 1 aliphatic heterocycles. The zero-order valence-electron chi connectivity index (χ0n) is 11.9. The number of hydrogen-bond donors (Lipinski definition) is 1. The van der Waals surface area contributed by atoms with Gasteiger partial charge in [0.2, 0.25) is 0 Å². The van der Waals surface area contributed by atoms with Crippen LogP contribution in [0.4, 0.5) is 5.82 Å². The van der Waals surface area contributed by atoms with Crippen LogP contribution in [0, 0.1) is 0 Å². The second kappa shape index (κ2) is 5.26. The minimum Gasteiger partial charge on any atom is -0.378 e. The molecule has 0 amide bonds. The molecule has 3 aromatic rings. The maximum atomic E-state index is 5.43. The molecule has 0 saturated carbocycles. The Morgan fingerprint density at radius 3 is 2.52 bits per heavy atom. The van der Waals surface area contributed by atoms with Gasteiger partial charge in [-0.1, -0.05) is 42.5 Å². The predicted molar refractivity (Wildman–Crippen MR) is 86.8 cm³/mol. The Morgan fingerprint density at radius 1 is 0.905 bits per heavy atom. The first kappa shape index (κ1) is 12.5. The minimum absolute atomic E-state index is 0.806. The zero-order chi connectivity index (χ0) is 14.1. The number of benzene rings is 2. The Bertz CT molecular complexity index is 742. The van der Waals surface area contributed by atoms with E-state index < -0.39 is 0 Å². The topological polar surface area (TPSA) is 28.3 Å². The Hall–Kier alpha value is -2.26. The van der Waals surface area contributed by atoms with Crippen LogP contribution in [-0.2, 0) is 4.74 Å². The third kappa shape index (κ3) is 2.30. The van der Waals surface area contributed by atoms with Gasteiger partial charge in [0.25, 0.3) is 0 Å². The fourth-order valence-corrected chi connectivity index (χ4v) is 2.98. The van der Waals surface area contributed by atoms with Gasteiger partial charge in [-0.15, -0.1) is 0 Å². The summed E-state index contributed by atoms with van der Waals surface area (Å²) >= 11 is 0. The van der Waals surface area contributed by atoms with Gasteiger partial charge in [-0.2, -0.15) is 0 Å². The van der Waals surface area contributed by atoms with Crippen molar-refractivity contribution in [3.63, 3.8) is 0 Å². The third-order valence-corrected chi connectivity index (χ3v) is 4.09. The molecule has 3 nitrogen and oxygen atoms in total. The molecule has 21 heavy (non-hydrogen) atoms. The lowest BCUT2D eigenvalue weighted by atomic mass is 10.0. The minimum atomic E-state index is 0.806. The molecule has 1 aliphatic rings. The van der Waals surface area contributed by atoms with Gasteiger partial charge >= 0.3 is 0 Å². The van der Waals surface area contributed by atoms with Gasteiger partial charge in [0.1, 0.15) is 5.82 Å². The van der Waals surface area contributed by atoms with E-state index in [9.17, 15) is 0 Å². The summed E-state index contributed by atoms with van der Waals surface area (Å²) in [6.07, 6.45) is 0. The van der Waals surface area contributed by atoms with Crippen molar-refractivity contribution in [2.45, 2.75) is 0 Å². The van der Waals surface area contributed by atoms with Crippen molar-refractivity contribution in [1.29, 1.82) is 0 Å². The van der Waals surface area contributed by atoms with Gasteiger partial charge in [-0.3, -0.25) is 0 Å². The fraction of sp³-hybridized carbons (Fsp3) is 0.222. The summed E-state index contributed by atoms with van der Waals surface area (Å²) in [6, 6.07) is 19.3. The van der Waals surface area contributed by atoms with Crippen molar-refractivity contribution < 1.29 is 4.74 Å². The van der Waals surface area contributed by atoms with Crippen molar-refractivity contribution in [3.8, 4) is 11.1 Å². The molecule has 0 unspecified atom stereocenters. The SMILES string of the molecule is c1ccc(-c2cccc3[nH]c(N4CCOCC4)cc23)cc1. The van der Waals surface area contributed by atoms with Gasteiger partial charge in [0.15, 0.2) is 0 Å². The number of aromatic amines is 1. The number of aromatic nitrogens is 1. The Balaban J connectivity index is 1.80. The van der Waals surface area contributed by atoms with Gasteiger partial charge < -0.3 is 14.6 Å². The van der Waals surface area contributed by atoms with Crippen molar-refractivity contribution in [2.75, 3.05) is 31.2 Å². The molecule has 0 bridgehead atoms. The molecule has 0 atom stereocenters. The molecule has 0 radical (unpaired) electrons. The number of nitrogens with one attached hydrogen (secondary N) is 1. The van der Waals surface area contributed by atoms with Crippen LogP contribution in [0.15, 0.2) is 54.6 Å². The van der Waals surface area contributed by atoms with Crippen molar-refractivity contribution in [2.24, 2.45) is 0 Å². The van der Waals surface area contributed by atoms with E-state index in [0.717, 1.165) is 26.3 Å². The molecule has 2 aromatic carbocycles. The Kier molecular flexibility index (Phi) is 3.13. The van der Waals surface area contributed by atoms with Crippen LogP contribution < -0.4 is 4.90 Å². The second-order valence-electron chi connectivity index (χ2n) is 5.39. The fourth-order valence-electron chi connectivity index (χ4n) is 2.98. The van der Waals surface area contributed by atoms with Crippen LogP contribution in [-0.4, -0.2) is 31.3 Å². The maximum absolute atomic E-state index is 5.43. The second-order valence-corrected chi connectivity index (χ2v) is 5.39. The monoisotopic (exact) mass is 278 g/mol. The summed E-state index contributed by atoms with van der Waals surface area (Å²) in [5.41, 5.74) is 3.73. The Labute approximate surface area is 124 Å². The molecule has 1 saturated heterocycles. The number of nitrogens with zero attached hydrogens (tertiary/aromatic N) is 1. The summed E-state index contributed by atoms with van der Waals surface area (Å²) in [5, 5.41) is 1.28. The summed E-state index contributed by atoms with van der Waals surface area (Å²) in [6.45, 7) is 3.52. The highest BCUT2D eigenvalue weighted by Crippen LogP contribution is 2.31. The van der Waals surface area contributed by atoms with Crippen molar-refractivity contribution in [1.82, 2.24) is 4.98 Å². The molecule has 4 rings (SSSR count). The smallest absolute Gasteiger partial charge is 0.107 e. The van der Waals surface area contributed by atoms with Crippen LogP contribution in [0.3, 0.4) is 0 Å². The number of fused-ring (bicyclic) bond motifs is 1. The van der Waals surface area contributed by atoms with Crippen LogP contribution in [0.2, 0.25) is 0 Å². The highest BCUT2D eigenvalue weighted by Gasteiger charge is 2.14. The van der Waals surface area contributed by atoms with Crippen LogP contribution in [0.25, 0.3) is 22.0 Å². The molecule has 1 fully saturated rings. The number of anilines is 1. The average Bonchev–Trinajstić information content (AvgIpc) is 3.00. The number of H-pyrrole nitrogens is 1. The lowest BCUT2D eigenvalue weighted by molar-refractivity contribution is 0.122. The molecule has 1 aromatic heterocycles. The van der Waals surface area contributed by atoms with E-state index in [1.54, 1.807) is 0 Å². The quantitative estimate of drug-likeness (QED) is 0.774. The number of ether oxygens (including phenoxy) is 1. The first-order valence-electron chi connectivity index (χ1n) is 7.42. The van der Waals surface area contributed by atoms with E-state index in [4.69, 9.17) is 4.74 Å². The lowest BCUT2D eigenvalue weighted by Gasteiger charge is -2.27. The van der Waals surface area contributed by atoms with Crippen molar-refractivity contribution >= 4 is 16.7 Å². The average molecular weight is 278 g/mol. The molecular weight excluding hydrogens is 260 g/mol. The normalized spacial score (nSPS) is 15.5. The van der Waals surface area contributed by atoms with E-state index >= 15 is 0 Å². The van der Waals surface area contributed by atoms with E-state index in [2.05, 4.69) is 64.5 Å². The molecule has 106 valence electrons. The first-order valence-corrected chi connectivity index (χ1v) is 7.42. The molecule has 2 heterocycles. The highest BCUT2D eigenvalue weighted by atomic mass is 16.5. The summed E-state index contributed by atoms with van der Waals surface area (Å²) in [4.78, 5) is 5.91. The number of rotatable bonds is 2.